The fraction of sp³-hybridized carbons (Fsp3) is 0.273. The van der Waals surface area contributed by atoms with E-state index in [0.29, 0.717) is 0 Å². The molecule has 0 bridgehead atoms. The molecule has 2 rings (SSSR count). The van der Waals surface area contributed by atoms with Gasteiger partial charge in [0.1, 0.15) is 0 Å². The predicted molar refractivity (Wildman–Crippen MR) is 62.7 cm³/mol. The van der Waals surface area contributed by atoms with Crippen molar-refractivity contribution >= 4 is 23.3 Å². The van der Waals surface area contributed by atoms with Gasteiger partial charge in [-0.05, 0) is 25.3 Å². The Bertz CT molecular complexity index is 390. The number of hydrogen-bond donors (Lipinski definition) is 0. The van der Waals surface area contributed by atoms with Crippen molar-refractivity contribution in [1.82, 2.24) is 0 Å². The van der Waals surface area contributed by atoms with E-state index in [1.807, 2.05) is 6.92 Å². The molecule has 0 unspecified atom stereocenters. The molecule has 0 saturated carbocycles. The van der Waals surface area contributed by atoms with Crippen LogP contribution in [0, 0.1) is 0 Å². The summed E-state index contributed by atoms with van der Waals surface area (Å²) in [6.07, 6.45) is 2.07. The molecule has 0 N–H and O–H groups in total. The van der Waals surface area contributed by atoms with Crippen LogP contribution < -0.4 is 0 Å². The van der Waals surface area contributed by atoms with E-state index < -0.39 is 0 Å². The molecular weight excluding hydrogens is 192 g/mol. The van der Waals surface area contributed by atoms with Crippen LogP contribution in [-0.2, 0) is 0 Å². The fourth-order valence-electron chi connectivity index (χ4n) is 1.34. The largest absolute Gasteiger partial charge is 0.260 e. The third-order valence-corrected chi connectivity index (χ3v) is 2.85. The molecule has 0 aromatic heterocycles. The first-order valence-electron chi connectivity index (χ1n) is 4.52. The SMILES string of the molecule is CSc1ccc(C2=NCC(C)=N2)cc1. The minimum atomic E-state index is 0.750. The number of hydrogen-bond acceptors (Lipinski definition) is 3. The summed E-state index contributed by atoms with van der Waals surface area (Å²) in [6, 6.07) is 8.36. The monoisotopic (exact) mass is 204 g/mol. The van der Waals surface area contributed by atoms with Crippen molar-refractivity contribution in [3.8, 4) is 0 Å². The molecule has 0 atom stereocenters. The van der Waals surface area contributed by atoms with Crippen LogP contribution in [0.25, 0.3) is 0 Å². The van der Waals surface area contributed by atoms with Gasteiger partial charge in [0.15, 0.2) is 5.84 Å². The molecule has 14 heavy (non-hydrogen) atoms. The van der Waals surface area contributed by atoms with Gasteiger partial charge in [-0.2, -0.15) is 0 Å². The lowest BCUT2D eigenvalue weighted by Crippen LogP contribution is -1.93. The lowest BCUT2D eigenvalue weighted by atomic mass is 10.2. The zero-order chi connectivity index (χ0) is 9.97. The quantitative estimate of drug-likeness (QED) is 0.680. The summed E-state index contributed by atoms with van der Waals surface area (Å²) in [6.45, 7) is 2.76. The summed E-state index contributed by atoms with van der Waals surface area (Å²) in [5, 5.41) is 0. The standard InChI is InChI=1S/C11H12N2S/c1-8-7-12-11(13-8)9-3-5-10(14-2)6-4-9/h3-6H,7H2,1-2H3. The molecule has 2 nitrogen and oxygen atoms in total. The lowest BCUT2D eigenvalue weighted by molar-refractivity contribution is 1.32. The summed E-state index contributed by atoms with van der Waals surface area (Å²) < 4.78 is 0. The molecule has 0 spiro atoms. The number of nitrogens with zero attached hydrogens (tertiary/aromatic N) is 2. The van der Waals surface area contributed by atoms with Crippen LogP contribution in [0.1, 0.15) is 12.5 Å². The van der Waals surface area contributed by atoms with Gasteiger partial charge in [-0.3, -0.25) is 4.99 Å². The Balaban J connectivity index is 2.26. The zero-order valence-corrected chi connectivity index (χ0v) is 9.14. The van der Waals surface area contributed by atoms with Crippen LogP contribution in [0.4, 0.5) is 0 Å². The highest BCUT2D eigenvalue weighted by molar-refractivity contribution is 7.98. The van der Waals surface area contributed by atoms with Crippen molar-refractivity contribution in [2.45, 2.75) is 11.8 Å². The summed E-state index contributed by atoms with van der Waals surface area (Å²) in [5.41, 5.74) is 2.20. The fourth-order valence-corrected chi connectivity index (χ4v) is 1.74. The van der Waals surface area contributed by atoms with E-state index in [-0.39, 0.29) is 0 Å². The van der Waals surface area contributed by atoms with Gasteiger partial charge >= 0.3 is 0 Å². The Kier molecular flexibility index (Phi) is 2.68. The summed E-state index contributed by atoms with van der Waals surface area (Å²) >= 11 is 1.74. The van der Waals surface area contributed by atoms with E-state index in [1.165, 1.54) is 4.90 Å². The molecule has 1 heterocycles. The summed E-state index contributed by atoms with van der Waals surface area (Å²) in [4.78, 5) is 9.99. The van der Waals surface area contributed by atoms with Gasteiger partial charge < -0.3 is 0 Å². The summed E-state index contributed by atoms with van der Waals surface area (Å²) in [5.74, 6) is 0.871. The molecule has 1 aliphatic rings. The average Bonchev–Trinajstić information content (AvgIpc) is 2.65. The molecular formula is C11H12N2S. The first-order valence-corrected chi connectivity index (χ1v) is 5.75. The van der Waals surface area contributed by atoms with E-state index in [1.54, 1.807) is 11.8 Å². The van der Waals surface area contributed by atoms with Gasteiger partial charge in [-0.15, -0.1) is 11.8 Å². The second kappa shape index (κ2) is 3.96. The van der Waals surface area contributed by atoms with Crippen LogP contribution in [-0.4, -0.2) is 24.3 Å². The molecule has 0 amide bonds. The second-order valence-corrected chi connectivity index (χ2v) is 4.10. The molecule has 0 radical (unpaired) electrons. The van der Waals surface area contributed by atoms with E-state index in [4.69, 9.17) is 0 Å². The van der Waals surface area contributed by atoms with Gasteiger partial charge in [-0.25, -0.2) is 4.99 Å². The minimum absolute atomic E-state index is 0.750. The van der Waals surface area contributed by atoms with Crippen molar-refractivity contribution in [3.05, 3.63) is 29.8 Å². The van der Waals surface area contributed by atoms with Crippen LogP contribution in [0.3, 0.4) is 0 Å². The van der Waals surface area contributed by atoms with Crippen molar-refractivity contribution in [1.29, 1.82) is 0 Å². The Morgan fingerprint density at radius 3 is 2.43 bits per heavy atom. The molecule has 0 saturated heterocycles. The van der Waals surface area contributed by atoms with Crippen molar-refractivity contribution < 1.29 is 0 Å². The van der Waals surface area contributed by atoms with Crippen molar-refractivity contribution in [3.63, 3.8) is 0 Å². The Morgan fingerprint density at radius 2 is 1.93 bits per heavy atom. The Hall–Kier alpha value is -1.09. The predicted octanol–water partition coefficient (Wildman–Crippen LogP) is 2.63. The maximum Gasteiger partial charge on any atom is 0.154 e. The van der Waals surface area contributed by atoms with Gasteiger partial charge in [0.2, 0.25) is 0 Å². The normalized spacial score (nSPS) is 15.3. The molecule has 72 valence electrons. The van der Waals surface area contributed by atoms with Gasteiger partial charge in [0.25, 0.3) is 0 Å². The van der Waals surface area contributed by atoms with E-state index in [9.17, 15) is 0 Å². The number of thioether (sulfide) groups is 1. The maximum absolute atomic E-state index is 4.37. The van der Waals surface area contributed by atoms with E-state index >= 15 is 0 Å². The second-order valence-electron chi connectivity index (χ2n) is 3.22. The third-order valence-electron chi connectivity index (χ3n) is 2.10. The minimum Gasteiger partial charge on any atom is -0.260 e. The first-order chi connectivity index (χ1) is 6.79. The molecule has 1 aromatic rings. The van der Waals surface area contributed by atoms with Gasteiger partial charge in [0, 0.05) is 16.2 Å². The van der Waals surface area contributed by atoms with E-state index in [2.05, 4.69) is 40.5 Å². The topological polar surface area (TPSA) is 24.7 Å². The van der Waals surface area contributed by atoms with Gasteiger partial charge in [-0.1, -0.05) is 12.1 Å². The summed E-state index contributed by atoms with van der Waals surface area (Å²) in [7, 11) is 0. The number of benzene rings is 1. The van der Waals surface area contributed by atoms with Crippen LogP contribution in [0.5, 0.6) is 0 Å². The lowest BCUT2D eigenvalue weighted by Gasteiger charge is -1.99. The highest BCUT2D eigenvalue weighted by Crippen LogP contribution is 2.16. The zero-order valence-electron chi connectivity index (χ0n) is 8.32. The highest BCUT2D eigenvalue weighted by Gasteiger charge is 2.07. The smallest absolute Gasteiger partial charge is 0.154 e. The van der Waals surface area contributed by atoms with Gasteiger partial charge in [0.05, 0.1) is 6.54 Å². The number of rotatable bonds is 2. The van der Waals surface area contributed by atoms with Crippen LogP contribution in [0.2, 0.25) is 0 Å². The molecule has 1 aliphatic heterocycles. The molecule has 3 heteroatoms. The average molecular weight is 204 g/mol. The highest BCUT2D eigenvalue weighted by atomic mass is 32.2. The first kappa shape index (κ1) is 9.46. The molecule has 1 aromatic carbocycles. The van der Waals surface area contributed by atoms with Crippen LogP contribution in [0.15, 0.2) is 39.1 Å². The molecule has 0 aliphatic carbocycles. The number of aliphatic imine (C=N–C) groups is 2. The van der Waals surface area contributed by atoms with Crippen molar-refractivity contribution in [2.75, 3.05) is 12.8 Å². The molecule has 0 fully saturated rings. The van der Waals surface area contributed by atoms with Crippen LogP contribution >= 0.6 is 11.8 Å². The Morgan fingerprint density at radius 1 is 1.21 bits per heavy atom. The van der Waals surface area contributed by atoms with Crippen molar-refractivity contribution in [2.24, 2.45) is 9.98 Å². The Labute approximate surface area is 88.2 Å². The maximum atomic E-state index is 4.37. The van der Waals surface area contributed by atoms with E-state index in [0.717, 1.165) is 23.7 Å². The third kappa shape index (κ3) is 1.87. The number of amidine groups is 1.